The lowest BCUT2D eigenvalue weighted by Gasteiger charge is -2.46. The zero-order valence-corrected chi connectivity index (χ0v) is 19.6. The number of aliphatic hydroxyl groups excluding tert-OH is 2. The number of carboxylic acids is 1. The molecule has 2 aliphatic rings. The summed E-state index contributed by atoms with van der Waals surface area (Å²) < 4.78 is 97.3. The zero-order valence-electron chi connectivity index (χ0n) is 17.9. The highest BCUT2D eigenvalue weighted by Gasteiger charge is 2.54. The highest BCUT2D eigenvalue weighted by molar-refractivity contribution is 7.81. The Bertz CT molecular complexity index is 906. The van der Waals surface area contributed by atoms with Crippen molar-refractivity contribution in [3.8, 4) is 0 Å². The molecule has 2 fully saturated rings. The van der Waals surface area contributed by atoms with E-state index in [1.165, 1.54) is 14.0 Å². The van der Waals surface area contributed by atoms with E-state index in [1.807, 2.05) is 0 Å². The van der Waals surface area contributed by atoms with Crippen LogP contribution in [-0.4, -0.2) is 123 Å². The average molecular weight is 542 g/mol. The van der Waals surface area contributed by atoms with Crippen LogP contribution >= 0.6 is 0 Å². The van der Waals surface area contributed by atoms with Gasteiger partial charge >= 0.3 is 26.8 Å². The molecule has 0 aromatic rings. The van der Waals surface area contributed by atoms with Crippen LogP contribution in [0.5, 0.6) is 0 Å². The molecule has 0 amide bonds. The molecule has 10 atom stereocenters. The van der Waals surface area contributed by atoms with Gasteiger partial charge in [0.1, 0.15) is 24.4 Å². The molecule has 5 N–H and O–H groups in total. The standard InChI is InChI=1S/C15H26O17S2/c1-5-7(16)9(6(29-14(5)27-3)4-28-33(20,21)22)30-15-11(32-34(23,24)25)8(17)10(26-2)12(31-15)13(18)19/h5-12,14-17H,4H2,1-3H3,(H,18,19)(H,20,21,22)(H,23,24,25). The lowest BCUT2D eigenvalue weighted by Crippen LogP contribution is -2.65. The minimum atomic E-state index is -5.25. The van der Waals surface area contributed by atoms with E-state index in [1.54, 1.807) is 0 Å². The minimum absolute atomic E-state index is 0.853. The molecule has 0 bridgehead atoms. The number of carboxylic acid groups (broad SMARTS) is 1. The summed E-state index contributed by atoms with van der Waals surface area (Å²) >= 11 is 0. The first-order valence-electron chi connectivity index (χ1n) is 9.48. The largest absolute Gasteiger partial charge is 0.479 e. The van der Waals surface area contributed by atoms with Gasteiger partial charge in [-0.3, -0.25) is 9.11 Å². The first kappa shape index (κ1) is 29.2. The van der Waals surface area contributed by atoms with Gasteiger partial charge in [0.15, 0.2) is 24.8 Å². The summed E-state index contributed by atoms with van der Waals surface area (Å²) in [6.07, 6.45) is -15.7. The fourth-order valence-electron chi connectivity index (χ4n) is 3.57. The number of aliphatic carboxylic acids is 1. The third-order valence-electron chi connectivity index (χ3n) is 5.15. The maximum Gasteiger partial charge on any atom is 0.397 e. The van der Waals surface area contributed by atoms with E-state index >= 15 is 0 Å². The molecule has 200 valence electrons. The van der Waals surface area contributed by atoms with Gasteiger partial charge in [0, 0.05) is 20.1 Å². The summed E-state index contributed by atoms with van der Waals surface area (Å²) in [7, 11) is -8.01. The van der Waals surface area contributed by atoms with Crippen molar-refractivity contribution in [2.75, 3.05) is 20.8 Å². The number of rotatable bonds is 10. The van der Waals surface area contributed by atoms with Crippen LogP contribution < -0.4 is 0 Å². The lowest BCUT2D eigenvalue weighted by molar-refractivity contribution is -0.344. The maximum absolute atomic E-state index is 11.6. The number of methoxy groups -OCH3 is 2. The van der Waals surface area contributed by atoms with Crippen LogP contribution in [0.4, 0.5) is 0 Å². The van der Waals surface area contributed by atoms with Gasteiger partial charge in [-0.15, -0.1) is 0 Å². The normalized spacial score (nSPS) is 39.6. The van der Waals surface area contributed by atoms with E-state index in [9.17, 15) is 36.9 Å². The minimum Gasteiger partial charge on any atom is -0.479 e. The monoisotopic (exact) mass is 542 g/mol. The van der Waals surface area contributed by atoms with Crippen LogP contribution in [0, 0.1) is 5.92 Å². The van der Waals surface area contributed by atoms with Gasteiger partial charge in [-0.05, 0) is 0 Å². The highest BCUT2D eigenvalue weighted by atomic mass is 32.3. The van der Waals surface area contributed by atoms with Crippen molar-refractivity contribution in [1.29, 1.82) is 0 Å². The van der Waals surface area contributed by atoms with E-state index in [4.69, 9.17) is 32.8 Å². The smallest absolute Gasteiger partial charge is 0.397 e. The third kappa shape index (κ3) is 7.22. The second kappa shape index (κ2) is 11.3. The average Bonchev–Trinajstić information content (AvgIpc) is 2.71. The highest BCUT2D eigenvalue weighted by Crippen LogP contribution is 2.34. The van der Waals surface area contributed by atoms with Gasteiger partial charge in [-0.2, -0.15) is 16.8 Å². The number of hydrogen-bond acceptors (Lipinski definition) is 14. The van der Waals surface area contributed by atoms with E-state index in [-0.39, 0.29) is 0 Å². The molecule has 0 spiro atoms. The Hall–Kier alpha value is -1.07. The second-order valence-corrected chi connectivity index (χ2v) is 9.52. The van der Waals surface area contributed by atoms with Crippen molar-refractivity contribution in [3.63, 3.8) is 0 Å². The van der Waals surface area contributed by atoms with Crippen LogP contribution in [0.2, 0.25) is 0 Å². The first-order valence-corrected chi connectivity index (χ1v) is 12.2. The number of ether oxygens (including phenoxy) is 5. The van der Waals surface area contributed by atoms with Crippen LogP contribution in [0.15, 0.2) is 0 Å². The van der Waals surface area contributed by atoms with Crippen molar-refractivity contribution in [1.82, 2.24) is 0 Å². The molecule has 0 aromatic heterocycles. The number of carbonyl (C=O) groups is 1. The van der Waals surface area contributed by atoms with Crippen molar-refractivity contribution < 1.29 is 78.1 Å². The predicted molar refractivity (Wildman–Crippen MR) is 103 cm³/mol. The predicted octanol–water partition coefficient (Wildman–Crippen LogP) is -3.07. The van der Waals surface area contributed by atoms with Gasteiger partial charge in [0.2, 0.25) is 0 Å². The van der Waals surface area contributed by atoms with E-state index in [0.717, 1.165) is 7.11 Å². The summed E-state index contributed by atoms with van der Waals surface area (Å²) in [4.78, 5) is 11.6. The van der Waals surface area contributed by atoms with E-state index in [2.05, 4.69) is 8.37 Å². The van der Waals surface area contributed by atoms with Gasteiger partial charge < -0.3 is 39.0 Å². The molecule has 2 aliphatic heterocycles. The Morgan fingerprint density at radius 1 is 0.882 bits per heavy atom. The molecule has 34 heavy (non-hydrogen) atoms. The molecule has 0 saturated carbocycles. The molecular weight excluding hydrogens is 516 g/mol. The van der Waals surface area contributed by atoms with Gasteiger partial charge in [-0.1, -0.05) is 6.92 Å². The summed E-state index contributed by atoms with van der Waals surface area (Å²) in [5.74, 6) is -2.50. The molecule has 17 nitrogen and oxygen atoms in total. The lowest BCUT2D eigenvalue weighted by atomic mass is 9.92. The fraction of sp³-hybridized carbons (Fsp3) is 0.933. The third-order valence-corrected chi connectivity index (χ3v) is 6.05. The molecule has 10 unspecified atom stereocenters. The van der Waals surface area contributed by atoms with Crippen molar-refractivity contribution in [2.24, 2.45) is 5.92 Å². The Kier molecular flexibility index (Phi) is 9.72. The Labute approximate surface area is 194 Å². The van der Waals surface area contributed by atoms with Crippen LogP contribution in [0.3, 0.4) is 0 Å². The van der Waals surface area contributed by atoms with Crippen LogP contribution in [-0.2, 0) is 57.6 Å². The molecule has 2 rings (SSSR count). The topological polar surface area (TPSA) is 251 Å². The first-order chi connectivity index (χ1) is 15.6. The van der Waals surface area contributed by atoms with Crippen molar-refractivity contribution in [2.45, 2.75) is 62.2 Å². The molecule has 2 saturated heterocycles. The van der Waals surface area contributed by atoms with Crippen molar-refractivity contribution in [3.05, 3.63) is 0 Å². The second-order valence-electron chi connectivity index (χ2n) is 7.38. The summed E-state index contributed by atoms with van der Waals surface area (Å²) in [6, 6.07) is 0. The zero-order chi connectivity index (χ0) is 26.0. The molecule has 0 radical (unpaired) electrons. The fourth-order valence-corrected chi connectivity index (χ4v) is 4.37. The van der Waals surface area contributed by atoms with Crippen LogP contribution in [0.25, 0.3) is 0 Å². The Morgan fingerprint density at radius 2 is 1.50 bits per heavy atom. The Balaban J connectivity index is 2.41. The van der Waals surface area contributed by atoms with Crippen LogP contribution in [0.1, 0.15) is 6.92 Å². The summed E-state index contributed by atoms with van der Waals surface area (Å²) in [5.41, 5.74) is 0. The molecular formula is C15H26O17S2. The van der Waals surface area contributed by atoms with Gasteiger partial charge in [-0.25, -0.2) is 13.2 Å². The number of aliphatic hydroxyl groups is 2. The van der Waals surface area contributed by atoms with Gasteiger partial charge in [0.25, 0.3) is 0 Å². The molecule has 2 heterocycles. The molecule has 19 heteroatoms. The Morgan fingerprint density at radius 3 is 1.97 bits per heavy atom. The summed E-state index contributed by atoms with van der Waals surface area (Å²) in [5, 5.41) is 30.6. The van der Waals surface area contributed by atoms with Crippen molar-refractivity contribution >= 4 is 26.8 Å². The molecule has 0 aromatic carbocycles. The quantitative estimate of drug-likeness (QED) is 0.172. The summed E-state index contributed by atoms with van der Waals surface area (Å²) in [6.45, 7) is 0.508. The number of hydrogen-bond donors (Lipinski definition) is 5. The maximum atomic E-state index is 11.6. The van der Waals surface area contributed by atoms with E-state index < -0.39 is 94.6 Å². The van der Waals surface area contributed by atoms with Gasteiger partial charge in [0.05, 0.1) is 12.7 Å². The SMILES string of the molecule is COC1OC(COS(=O)(=O)O)C(OC2OC(C(=O)O)C(OC)C(O)C2OS(=O)(=O)O)C(O)C1C. The molecule has 0 aliphatic carbocycles. The van der Waals surface area contributed by atoms with E-state index in [0.29, 0.717) is 0 Å².